The van der Waals surface area contributed by atoms with Gasteiger partial charge in [-0.2, -0.15) is 0 Å². The molecular formula is C16H22BF4N2-. The predicted molar refractivity (Wildman–Crippen MR) is 87.9 cm³/mol. The van der Waals surface area contributed by atoms with Crippen LogP contribution in [0.25, 0.3) is 6.08 Å². The van der Waals surface area contributed by atoms with Crippen molar-refractivity contribution in [3.8, 4) is 0 Å². The molecule has 1 aromatic carbocycles. The molecule has 0 atom stereocenters. The topological polar surface area (TPSA) is 6.48 Å². The van der Waals surface area contributed by atoms with Crippen molar-refractivity contribution in [1.82, 2.24) is 9.80 Å². The second-order valence-corrected chi connectivity index (χ2v) is 5.29. The summed E-state index contributed by atoms with van der Waals surface area (Å²) in [6.07, 6.45) is 8.80. The Morgan fingerprint density at radius 1 is 1.09 bits per heavy atom. The van der Waals surface area contributed by atoms with Crippen LogP contribution in [0.4, 0.5) is 17.3 Å². The summed E-state index contributed by atoms with van der Waals surface area (Å²) < 4.78 is 39.0. The van der Waals surface area contributed by atoms with Crippen molar-refractivity contribution in [1.29, 1.82) is 0 Å². The largest absolute Gasteiger partial charge is 0.673 e. The van der Waals surface area contributed by atoms with Gasteiger partial charge in [0.1, 0.15) is 0 Å². The van der Waals surface area contributed by atoms with Crippen LogP contribution >= 0.6 is 0 Å². The number of nitrogens with zero attached hydrogens (tertiary/aromatic N) is 2. The normalized spacial score (nSPS) is 13.8. The van der Waals surface area contributed by atoms with Crippen LogP contribution in [0.1, 0.15) is 30.9 Å². The van der Waals surface area contributed by atoms with Crippen molar-refractivity contribution in [2.45, 2.75) is 26.3 Å². The number of rotatable bonds is 6. The van der Waals surface area contributed by atoms with Gasteiger partial charge in [0.05, 0.1) is 6.67 Å². The minimum Gasteiger partial charge on any atom is -0.418 e. The Morgan fingerprint density at radius 2 is 1.65 bits per heavy atom. The van der Waals surface area contributed by atoms with E-state index in [1.165, 1.54) is 30.5 Å². The maximum atomic E-state index is 9.75. The molecule has 0 saturated carbocycles. The Kier molecular flexibility index (Phi) is 7.72. The molecule has 0 amide bonds. The first kappa shape index (κ1) is 19.1. The van der Waals surface area contributed by atoms with Crippen molar-refractivity contribution < 1.29 is 17.3 Å². The molecule has 0 unspecified atom stereocenters. The van der Waals surface area contributed by atoms with E-state index in [4.69, 9.17) is 0 Å². The van der Waals surface area contributed by atoms with Crippen molar-refractivity contribution in [2.75, 3.05) is 13.2 Å². The van der Waals surface area contributed by atoms with Crippen LogP contribution in [-0.2, 0) is 6.54 Å². The van der Waals surface area contributed by atoms with Crippen molar-refractivity contribution in [2.24, 2.45) is 0 Å². The molecule has 128 valence electrons. The second-order valence-electron chi connectivity index (χ2n) is 5.29. The summed E-state index contributed by atoms with van der Waals surface area (Å²) in [6, 6.07) is 8.60. The average Bonchev–Trinajstić information content (AvgIpc) is 2.92. The van der Waals surface area contributed by atoms with Crippen LogP contribution in [0.5, 0.6) is 0 Å². The van der Waals surface area contributed by atoms with Crippen LogP contribution in [0, 0.1) is 0 Å². The van der Waals surface area contributed by atoms with Crippen LogP contribution in [-0.4, -0.2) is 30.3 Å². The standard InChI is InChI=1S/C16H22N2.BF4/c1-3-5-10-17-11-12-18(14-17)13-16-8-6-15(4-2)7-9-16;2-1(3,4)5/h4,6-9,11-12H,2-3,5,10,13-14H2,1H3;/q;-1. The van der Waals surface area contributed by atoms with Gasteiger partial charge in [0.2, 0.25) is 0 Å². The van der Waals surface area contributed by atoms with Gasteiger partial charge < -0.3 is 27.1 Å². The number of halogens is 4. The average molecular weight is 329 g/mol. The molecular weight excluding hydrogens is 307 g/mol. The summed E-state index contributed by atoms with van der Waals surface area (Å²) in [4.78, 5) is 4.72. The van der Waals surface area contributed by atoms with Gasteiger partial charge in [-0.05, 0) is 17.5 Å². The van der Waals surface area contributed by atoms with Gasteiger partial charge in [0.25, 0.3) is 0 Å². The molecule has 23 heavy (non-hydrogen) atoms. The van der Waals surface area contributed by atoms with Gasteiger partial charge in [-0.15, -0.1) is 0 Å². The highest BCUT2D eigenvalue weighted by molar-refractivity contribution is 6.50. The van der Waals surface area contributed by atoms with Crippen molar-refractivity contribution >= 4 is 13.3 Å². The lowest BCUT2D eigenvalue weighted by Gasteiger charge is -2.21. The molecule has 0 radical (unpaired) electrons. The lowest BCUT2D eigenvalue weighted by molar-refractivity contribution is 0.257. The SMILES string of the molecule is C=Cc1ccc(CN2C=CN(CCCC)C2)cc1.F[B-](F)(F)F. The number of unbranched alkanes of at least 4 members (excludes halogenated alkanes) is 1. The molecule has 0 bridgehead atoms. The first-order chi connectivity index (χ1) is 10.8. The number of hydrogen-bond donors (Lipinski definition) is 0. The summed E-state index contributed by atoms with van der Waals surface area (Å²) in [5.74, 6) is 0. The first-order valence-electron chi connectivity index (χ1n) is 7.57. The molecule has 1 heterocycles. The quantitative estimate of drug-likeness (QED) is 0.537. The summed E-state index contributed by atoms with van der Waals surface area (Å²) in [7, 11) is -6.00. The molecule has 1 aliphatic heterocycles. The Balaban J connectivity index is 0.000000463. The Morgan fingerprint density at radius 3 is 2.17 bits per heavy atom. The van der Waals surface area contributed by atoms with Gasteiger partial charge in [0.15, 0.2) is 0 Å². The molecule has 0 aliphatic carbocycles. The predicted octanol–water partition coefficient (Wildman–Crippen LogP) is 4.98. The van der Waals surface area contributed by atoms with Crippen molar-refractivity contribution in [3.63, 3.8) is 0 Å². The second kappa shape index (κ2) is 9.27. The van der Waals surface area contributed by atoms with E-state index >= 15 is 0 Å². The van der Waals surface area contributed by atoms with Gasteiger partial charge in [-0.1, -0.05) is 50.3 Å². The van der Waals surface area contributed by atoms with Crippen LogP contribution in [0.15, 0.2) is 43.2 Å². The highest BCUT2D eigenvalue weighted by atomic mass is 19.5. The lowest BCUT2D eigenvalue weighted by Crippen LogP contribution is -2.25. The van der Waals surface area contributed by atoms with E-state index in [-0.39, 0.29) is 0 Å². The molecule has 1 aromatic rings. The maximum Gasteiger partial charge on any atom is 0.673 e. The van der Waals surface area contributed by atoms with E-state index in [1.807, 2.05) is 6.08 Å². The smallest absolute Gasteiger partial charge is 0.418 e. The molecule has 2 rings (SSSR count). The summed E-state index contributed by atoms with van der Waals surface area (Å²) in [5.41, 5.74) is 2.53. The number of hydrogen-bond acceptors (Lipinski definition) is 2. The summed E-state index contributed by atoms with van der Waals surface area (Å²) >= 11 is 0. The van der Waals surface area contributed by atoms with Crippen molar-refractivity contribution in [3.05, 3.63) is 54.4 Å². The van der Waals surface area contributed by atoms with Crippen LogP contribution in [0.2, 0.25) is 0 Å². The monoisotopic (exact) mass is 329 g/mol. The maximum absolute atomic E-state index is 9.75. The third-order valence-electron chi connectivity index (χ3n) is 3.25. The van der Waals surface area contributed by atoms with E-state index in [9.17, 15) is 17.3 Å². The first-order valence-corrected chi connectivity index (χ1v) is 7.57. The Hall–Kier alpha value is -1.92. The molecule has 0 spiro atoms. The van der Waals surface area contributed by atoms with Crippen LogP contribution in [0.3, 0.4) is 0 Å². The highest BCUT2D eigenvalue weighted by Crippen LogP contribution is 2.13. The van der Waals surface area contributed by atoms with E-state index in [1.54, 1.807) is 0 Å². The zero-order valence-corrected chi connectivity index (χ0v) is 13.3. The fourth-order valence-electron chi connectivity index (χ4n) is 2.12. The lowest BCUT2D eigenvalue weighted by atomic mass is 10.1. The molecule has 2 nitrogen and oxygen atoms in total. The molecule has 1 aliphatic rings. The van der Waals surface area contributed by atoms with Gasteiger partial charge in [-0.25, -0.2) is 0 Å². The third-order valence-corrected chi connectivity index (χ3v) is 3.25. The fraction of sp³-hybridized carbons (Fsp3) is 0.375. The molecule has 0 saturated heterocycles. The molecule has 0 N–H and O–H groups in total. The van der Waals surface area contributed by atoms with Gasteiger partial charge >= 0.3 is 7.25 Å². The summed E-state index contributed by atoms with van der Waals surface area (Å²) in [6.45, 7) is 9.17. The zero-order chi connectivity index (χ0) is 17.3. The molecule has 0 aromatic heterocycles. The minimum atomic E-state index is -6.00. The van der Waals surface area contributed by atoms with E-state index in [0.717, 1.165) is 13.2 Å². The van der Waals surface area contributed by atoms with Gasteiger partial charge in [0, 0.05) is 25.5 Å². The fourth-order valence-corrected chi connectivity index (χ4v) is 2.12. The Bertz CT molecular complexity index is 494. The van der Waals surface area contributed by atoms with Crippen LogP contribution < -0.4 is 0 Å². The van der Waals surface area contributed by atoms with E-state index in [0.29, 0.717) is 0 Å². The van der Waals surface area contributed by atoms with E-state index in [2.05, 4.69) is 60.0 Å². The minimum absolute atomic E-state index is 0.983. The Labute approximate surface area is 135 Å². The molecule has 0 fully saturated rings. The highest BCUT2D eigenvalue weighted by Gasteiger charge is 2.20. The van der Waals surface area contributed by atoms with E-state index < -0.39 is 7.25 Å². The zero-order valence-electron chi connectivity index (χ0n) is 13.3. The number of benzene rings is 1. The molecule has 7 heteroatoms. The third kappa shape index (κ3) is 8.95. The summed E-state index contributed by atoms with van der Waals surface area (Å²) in [5, 5.41) is 0. The van der Waals surface area contributed by atoms with Gasteiger partial charge in [-0.3, -0.25) is 0 Å².